The van der Waals surface area contributed by atoms with E-state index in [1.54, 1.807) is 12.1 Å². The summed E-state index contributed by atoms with van der Waals surface area (Å²) in [5.41, 5.74) is 0.269. The Morgan fingerprint density at radius 3 is 2.39 bits per heavy atom. The average Bonchev–Trinajstić information content (AvgIpc) is 2.38. The first kappa shape index (κ1) is 14.5. The van der Waals surface area contributed by atoms with E-state index in [1.165, 1.54) is 12.1 Å². The third-order valence-corrected chi connectivity index (χ3v) is 2.45. The monoisotopic (exact) mass is 252 g/mol. The Hall–Kier alpha value is -1.55. The van der Waals surface area contributed by atoms with Gasteiger partial charge < -0.3 is 14.6 Å². The molecule has 0 saturated heterocycles. The predicted molar refractivity (Wildman–Crippen MR) is 69.2 cm³/mol. The Morgan fingerprint density at radius 1 is 1.11 bits per heavy atom. The van der Waals surface area contributed by atoms with Gasteiger partial charge in [-0.15, -0.1) is 0 Å². The van der Waals surface area contributed by atoms with Crippen molar-refractivity contribution in [1.29, 1.82) is 0 Å². The summed E-state index contributed by atoms with van der Waals surface area (Å²) in [7, 11) is 0. The van der Waals surface area contributed by atoms with Crippen LogP contribution in [0.2, 0.25) is 0 Å². The fourth-order valence-corrected chi connectivity index (χ4v) is 1.39. The van der Waals surface area contributed by atoms with E-state index < -0.39 is 5.97 Å². The van der Waals surface area contributed by atoms with Gasteiger partial charge in [0.2, 0.25) is 0 Å². The van der Waals surface area contributed by atoms with Crippen LogP contribution in [0.4, 0.5) is 0 Å². The smallest absolute Gasteiger partial charge is 0.335 e. The molecular formula is C14H20O4. The lowest BCUT2D eigenvalue weighted by atomic mass is 10.2. The number of ether oxygens (including phenoxy) is 2. The van der Waals surface area contributed by atoms with Gasteiger partial charge in [0.15, 0.2) is 0 Å². The minimum absolute atomic E-state index is 0.269. The van der Waals surface area contributed by atoms with E-state index in [4.69, 9.17) is 14.6 Å². The number of carboxylic acids is 1. The standard InChI is InChI=1S/C14H20O4/c1-2-3-9-17-10-4-11-18-13-7-5-12(6-8-13)14(15)16/h5-8H,2-4,9-11H2,1H3,(H,15,16). The van der Waals surface area contributed by atoms with E-state index in [9.17, 15) is 4.79 Å². The van der Waals surface area contributed by atoms with Crippen molar-refractivity contribution in [3.8, 4) is 5.75 Å². The largest absolute Gasteiger partial charge is 0.494 e. The first-order valence-electron chi connectivity index (χ1n) is 6.28. The Morgan fingerprint density at radius 2 is 1.78 bits per heavy atom. The van der Waals surface area contributed by atoms with Crippen LogP contribution in [0.25, 0.3) is 0 Å². The molecule has 1 N–H and O–H groups in total. The predicted octanol–water partition coefficient (Wildman–Crippen LogP) is 2.97. The molecule has 18 heavy (non-hydrogen) atoms. The summed E-state index contributed by atoms with van der Waals surface area (Å²) < 4.78 is 10.9. The van der Waals surface area contributed by atoms with Crippen LogP contribution in [-0.2, 0) is 4.74 Å². The maximum atomic E-state index is 10.6. The van der Waals surface area contributed by atoms with Crippen molar-refractivity contribution in [2.24, 2.45) is 0 Å². The highest BCUT2D eigenvalue weighted by Gasteiger charge is 2.01. The van der Waals surface area contributed by atoms with Crippen LogP contribution in [0, 0.1) is 0 Å². The van der Waals surface area contributed by atoms with Crippen LogP contribution < -0.4 is 4.74 Å². The summed E-state index contributed by atoms with van der Waals surface area (Å²) in [5.74, 6) is -0.237. The van der Waals surface area contributed by atoms with E-state index in [0.717, 1.165) is 25.9 Å². The van der Waals surface area contributed by atoms with E-state index in [0.29, 0.717) is 19.0 Å². The van der Waals surface area contributed by atoms with Gasteiger partial charge in [0, 0.05) is 19.6 Å². The maximum absolute atomic E-state index is 10.6. The van der Waals surface area contributed by atoms with Crippen molar-refractivity contribution in [3.05, 3.63) is 29.8 Å². The lowest BCUT2D eigenvalue weighted by Crippen LogP contribution is -2.04. The molecule has 0 heterocycles. The molecule has 0 radical (unpaired) electrons. The van der Waals surface area contributed by atoms with Crippen LogP contribution in [0.1, 0.15) is 36.5 Å². The van der Waals surface area contributed by atoms with Crippen LogP contribution in [0.15, 0.2) is 24.3 Å². The van der Waals surface area contributed by atoms with Crippen molar-refractivity contribution in [2.75, 3.05) is 19.8 Å². The third-order valence-electron chi connectivity index (χ3n) is 2.45. The van der Waals surface area contributed by atoms with Crippen molar-refractivity contribution >= 4 is 5.97 Å². The molecule has 0 aliphatic carbocycles. The number of hydrogen-bond donors (Lipinski definition) is 1. The SMILES string of the molecule is CCCCOCCCOc1ccc(C(=O)O)cc1. The molecule has 4 heteroatoms. The number of benzene rings is 1. The number of unbranched alkanes of at least 4 members (excludes halogenated alkanes) is 1. The fourth-order valence-electron chi connectivity index (χ4n) is 1.39. The summed E-state index contributed by atoms with van der Waals surface area (Å²) in [5, 5.41) is 8.74. The number of carboxylic acid groups (broad SMARTS) is 1. The molecule has 0 unspecified atom stereocenters. The van der Waals surface area contributed by atoms with Gasteiger partial charge in [0.05, 0.1) is 12.2 Å². The normalized spacial score (nSPS) is 10.3. The second-order valence-corrected chi connectivity index (χ2v) is 4.00. The summed E-state index contributed by atoms with van der Waals surface area (Å²) in [6.07, 6.45) is 3.08. The number of rotatable bonds is 9. The molecule has 0 amide bonds. The van der Waals surface area contributed by atoms with Gasteiger partial charge in [-0.3, -0.25) is 0 Å². The number of hydrogen-bond acceptors (Lipinski definition) is 3. The van der Waals surface area contributed by atoms with Gasteiger partial charge >= 0.3 is 5.97 Å². The molecule has 0 atom stereocenters. The summed E-state index contributed by atoms with van der Waals surface area (Å²) in [4.78, 5) is 10.6. The minimum Gasteiger partial charge on any atom is -0.494 e. The second kappa shape index (κ2) is 8.53. The third kappa shape index (κ3) is 5.68. The summed E-state index contributed by atoms with van der Waals surface area (Å²) >= 11 is 0. The van der Waals surface area contributed by atoms with Gasteiger partial charge in [-0.1, -0.05) is 13.3 Å². The molecule has 1 rings (SSSR count). The highest BCUT2D eigenvalue weighted by molar-refractivity contribution is 5.87. The van der Waals surface area contributed by atoms with Gasteiger partial charge in [0.25, 0.3) is 0 Å². The lowest BCUT2D eigenvalue weighted by molar-refractivity contribution is 0.0697. The molecule has 0 bridgehead atoms. The zero-order chi connectivity index (χ0) is 13.2. The quantitative estimate of drug-likeness (QED) is 0.686. The summed E-state index contributed by atoms with van der Waals surface area (Å²) in [6, 6.07) is 6.41. The molecule has 0 aromatic heterocycles. The van der Waals surface area contributed by atoms with Crippen LogP contribution in [0.5, 0.6) is 5.75 Å². The lowest BCUT2D eigenvalue weighted by Gasteiger charge is -2.06. The Labute approximate surface area is 108 Å². The highest BCUT2D eigenvalue weighted by Crippen LogP contribution is 2.12. The highest BCUT2D eigenvalue weighted by atomic mass is 16.5. The minimum atomic E-state index is -0.925. The maximum Gasteiger partial charge on any atom is 0.335 e. The molecular weight excluding hydrogens is 232 g/mol. The molecule has 0 spiro atoms. The second-order valence-electron chi connectivity index (χ2n) is 4.00. The number of aromatic carboxylic acids is 1. The molecule has 0 saturated carbocycles. The summed E-state index contributed by atoms with van der Waals surface area (Å²) in [6.45, 7) is 4.23. The molecule has 0 aliphatic heterocycles. The van der Waals surface area contributed by atoms with E-state index in [1.807, 2.05) is 0 Å². The molecule has 100 valence electrons. The average molecular weight is 252 g/mol. The van der Waals surface area contributed by atoms with Crippen LogP contribution in [-0.4, -0.2) is 30.9 Å². The van der Waals surface area contributed by atoms with E-state index in [2.05, 4.69) is 6.92 Å². The Kier molecular flexibility index (Phi) is 6.87. The molecule has 0 fully saturated rings. The zero-order valence-electron chi connectivity index (χ0n) is 10.7. The van der Waals surface area contributed by atoms with Crippen molar-refractivity contribution in [1.82, 2.24) is 0 Å². The van der Waals surface area contributed by atoms with Crippen molar-refractivity contribution < 1.29 is 19.4 Å². The van der Waals surface area contributed by atoms with E-state index >= 15 is 0 Å². The molecule has 0 aliphatic rings. The van der Waals surface area contributed by atoms with E-state index in [-0.39, 0.29) is 5.56 Å². The van der Waals surface area contributed by atoms with Gasteiger partial charge in [0.1, 0.15) is 5.75 Å². The van der Waals surface area contributed by atoms with Gasteiger partial charge in [-0.2, -0.15) is 0 Å². The molecule has 1 aromatic carbocycles. The van der Waals surface area contributed by atoms with Crippen LogP contribution in [0.3, 0.4) is 0 Å². The Balaban J connectivity index is 2.14. The topological polar surface area (TPSA) is 55.8 Å². The van der Waals surface area contributed by atoms with Crippen molar-refractivity contribution in [2.45, 2.75) is 26.2 Å². The zero-order valence-corrected chi connectivity index (χ0v) is 10.7. The number of carbonyl (C=O) groups is 1. The molecule has 1 aromatic rings. The van der Waals surface area contributed by atoms with Gasteiger partial charge in [-0.25, -0.2) is 4.79 Å². The first-order chi connectivity index (χ1) is 8.74. The molecule has 4 nitrogen and oxygen atoms in total. The van der Waals surface area contributed by atoms with Crippen molar-refractivity contribution in [3.63, 3.8) is 0 Å². The first-order valence-corrected chi connectivity index (χ1v) is 6.28. The van der Waals surface area contributed by atoms with Gasteiger partial charge in [-0.05, 0) is 30.7 Å². The fraction of sp³-hybridized carbons (Fsp3) is 0.500. The Bertz CT molecular complexity index is 345. The van der Waals surface area contributed by atoms with Crippen LogP contribution >= 0.6 is 0 Å².